The van der Waals surface area contributed by atoms with E-state index < -0.39 is 0 Å². The number of likely N-dealkylation sites (N-methyl/N-ethyl adjacent to an activating group) is 1. The number of quaternary nitrogens is 1. The summed E-state index contributed by atoms with van der Waals surface area (Å²) in [6.45, 7) is 4.32. The molecule has 0 bridgehead atoms. The third-order valence-corrected chi connectivity index (χ3v) is 4.08. The van der Waals surface area contributed by atoms with E-state index in [2.05, 4.69) is 56.4 Å². The van der Waals surface area contributed by atoms with Crippen molar-refractivity contribution in [1.29, 1.82) is 0 Å². The van der Waals surface area contributed by atoms with Crippen LogP contribution in [0.2, 0.25) is 0 Å². The van der Waals surface area contributed by atoms with Crippen LogP contribution >= 0.6 is 0 Å². The Bertz CT molecular complexity index is 665. The Kier molecular flexibility index (Phi) is 6.89. The monoisotopic (exact) mass is 326 g/mol. The molecule has 0 saturated heterocycles. The van der Waals surface area contributed by atoms with Crippen LogP contribution in [0.15, 0.2) is 54.1 Å². The van der Waals surface area contributed by atoms with E-state index in [1.54, 1.807) is 14.2 Å². The van der Waals surface area contributed by atoms with Gasteiger partial charge in [-0.25, -0.2) is 0 Å². The summed E-state index contributed by atoms with van der Waals surface area (Å²) in [5, 5.41) is 0. The predicted octanol–water partition coefficient (Wildman–Crippen LogP) is 2.86. The van der Waals surface area contributed by atoms with Crippen molar-refractivity contribution in [2.45, 2.75) is 13.3 Å². The van der Waals surface area contributed by atoms with E-state index in [9.17, 15) is 0 Å². The summed E-state index contributed by atoms with van der Waals surface area (Å²) in [4.78, 5) is 1.49. The maximum atomic E-state index is 5.37. The lowest BCUT2D eigenvalue weighted by molar-refractivity contribution is -0.874. The Labute approximate surface area is 145 Å². The van der Waals surface area contributed by atoms with E-state index in [-0.39, 0.29) is 0 Å². The van der Waals surface area contributed by atoms with Gasteiger partial charge in [-0.15, -0.1) is 0 Å². The minimum atomic E-state index is 0.781. The van der Waals surface area contributed by atoms with Crippen LogP contribution in [0.1, 0.15) is 18.1 Å². The van der Waals surface area contributed by atoms with E-state index in [0.29, 0.717) is 0 Å². The van der Waals surface area contributed by atoms with Crippen LogP contribution in [-0.4, -0.2) is 34.4 Å². The summed E-state index contributed by atoms with van der Waals surface area (Å²) in [6, 6.07) is 16.6. The van der Waals surface area contributed by atoms with Crippen LogP contribution in [0.25, 0.3) is 6.08 Å². The van der Waals surface area contributed by atoms with Gasteiger partial charge in [-0.05, 0) is 35.8 Å². The van der Waals surface area contributed by atoms with Gasteiger partial charge in [0.1, 0.15) is 0 Å². The molecule has 2 aromatic carbocycles. The number of nitrogens with one attached hydrogen (secondary N) is 1. The van der Waals surface area contributed by atoms with Crippen molar-refractivity contribution < 1.29 is 14.4 Å². The smallest absolute Gasteiger partial charge is 0.160 e. The average molecular weight is 326 g/mol. The van der Waals surface area contributed by atoms with Crippen molar-refractivity contribution >= 4 is 6.08 Å². The number of benzene rings is 2. The molecular weight excluding hydrogens is 298 g/mol. The maximum absolute atomic E-state index is 5.37. The summed E-state index contributed by atoms with van der Waals surface area (Å²) in [7, 11) is 5.58. The molecule has 0 aliphatic rings. The molecule has 0 aliphatic heterocycles. The Balaban J connectivity index is 1.89. The van der Waals surface area contributed by atoms with E-state index in [0.717, 1.165) is 31.0 Å². The van der Waals surface area contributed by atoms with Crippen LogP contribution in [0.4, 0.5) is 0 Å². The molecule has 2 rings (SSSR count). The first kappa shape index (κ1) is 18.1. The lowest BCUT2D eigenvalue weighted by Gasteiger charge is -2.15. The second-order valence-corrected chi connectivity index (χ2v) is 6.22. The minimum absolute atomic E-state index is 0.781. The fraction of sp³-hybridized carbons (Fsp3) is 0.333. The first-order valence-electron chi connectivity index (χ1n) is 8.37. The predicted molar refractivity (Wildman–Crippen MR) is 100.0 cm³/mol. The average Bonchev–Trinajstić information content (AvgIpc) is 2.60. The van der Waals surface area contributed by atoms with E-state index in [4.69, 9.17) is 9.47 Å². The first-order valence-corrected chi connectivity index (χ1v) is 8.37. The van der Waals surface area contributed by atoms with Crippen LogP contribution in [0.5, 0.6) is 11.5 Å². The summed E-state index contributed by atoms with van der Waals surface area (Å²) >= 11 is 0. The number of rotatable bonds is 8. The fourth-order valence-electron chi connectivity index (χ4n) is 2.84. The number of methoxy groups -OCH3 is 2. The Morgan fingerprint density at radius 2 is 1.71 bits per heavy atom. The highest BCUT2D eigenvalue weighted by Crippen LogP contribution is 2.27. The third-order valence-electron chi connectivity index (χ3n) is 4.08. The minimum Gasteiger partial charge on any atom is -0.493 e. The van der Waals surface area contributed by atoms with Gasteiger partial charge in [-0.3, -0.25) is 0 Å². The molecule has 128 valence electrons. The zero-order valence-corrected chi connectivity index (χ0v) is 15.1. The quantitative estimate of drug-likeness (QED) is 0.806. The van der Waals surface area contributed by atoms with E-state index in [1.165, 1.54) is 21.6 Å². The molecule has 0 fully saturated rings. The molecule has 24 heavy (non-hydrogen) atoms. The van der Waals surface area contributed by atoms with Crippen LogP contribution in [-0.2, 0) is 6.42 Å². The highest BCUT2D eigenvalue weighted by molar-refractivity contribution is 5.52. The standard InChI is InChI=1S/C21H27NO2/c1-17(14-18-8-6-5-7-9-18)16-22(2)13-12-19-10-11-20(23-3)21(15-19)24-4/h5-11,14-15H,12-13,16H2,1-4H3/p+1/b17-14+. The molecular formula is C21H28NO2+. The molecule has 1 atom stereocenters. The molecule has 3 heteroatoms. The van der Waals surface area contributed by atoms with Gasteiger partial charge in [0, 0.05) is 6.42 Å². The largest absolute Gasteiger partial charge is 0.493 e. The van der Waals surface area contributed by atoms with Gasteiger partial charge in [0.05, 0.1) is 34.4 Å². The summed E-state index contributed by atoms with van der Waals surface area (Å²) in [6.07, 6.45) is 3.28. The van der Waals surface area contributed by atoms with Crippen LogP contribution in [0, 0.1) is 0 Å². The molecule has 0 saturated carbocycles. The molecule has 3 nitrogen and oxygen atoms in total. The van der Waals surface area contributed by atoms with Crippen LogP contribution < -0.4 is 14.4 Å². The number of hydrogen-bond donors (Lipinski definition) is 1. The Morgan fingerprint density at radius 1 is 1.00 bits per heavy atom. The third kappa shape index (κ3) is 5.43. The van der Waals surface area contributed by atoms with Gasteiger partial charge in [-0.1, -0.05) is 42.5 Å². The van der Waals surface area contributed by atoms with Crippen molar-refractivity contribution in [3.05, 3.63) is 65.2 Å². The molecule has 0 heterocycles. The fourth-order valence-corrected chi connectivity index (χ4v) is 2.84. The first-order chi connectivity index (χ1) is 11.6. The Morgan fingerprint density at radius 3 is 2.38 bits per heavy atom. The molecule has 2 aromatic rings. The summed E-state index contributed by atoms with van der Waals surface area (Å²) in [5.41, 5.74) is 3.94. The highest BCUT2D eigenvalue weighted by atomic mass is 16.5. The van der Waals surface area contributed by atoms with Gasteiger partial charge in [-0.2, -0.15) is 0 Å². The van der Waals surface area contributed by atoms with Crippen molar-refractivity contribution in [1.82, 2.24) is 0 Å². The molecule has 0 spiro atoms. The van der Waals surface area contributed by atoms with Gasteiger partial charge >= 0.3 is 0 Å². The summed E-state index contributed by atoms with van der Waals surface area (Å²) < 4.78 is 10.7. The van der Waals surface area contributed by atoms with Crippen molar-refractivity contribution in [2.24, 2.45) is 0 Å². The molecule has 0 aromatic heterocycles. The maximum Gasteiger partial charge on any atom is 0.160 e. The second kappa shape index (κ2) is 9.14. The topological polar surface area (TPSA) is 22.9 Å². The summed E-state index contributed by atoms with van der Waals surface area (Å²) in [5.74, 6) is 1.58. The van der Waals surface area contributed by atoms with Gasteiger partial charge in [0.25, 0.3) is 0 Å². The lowest BCUT2D eigenvalue weighted by atomic mass is 10.1. The highest BCUT2D eigenvalue weighted by Gasteiger charge is 2.08. The normalized spacial score (nSPS) is 12.8. The molecule has 0 amide bonds. The molecule has 0 aliphatic carbocycles. The second-order valence-electron chi connectivity index (χ2n) is 6.22. The molecule has 1 unspecified atom stereocenters. The Hall–Kier alpha value is -2.26. The van der Waals surface area contributed by atoms with E-state index >= 15 is 0 Å². The van der Waals surface area contributed by atoms with Crippen molar-refractivity contribution in [3.63, 3.8) is 0 Å². The van der Waals surface area contributed by atoms with Crippen LogP contribution in [0.3, 0.4) is 0 Å². The van der Waals surface area contributed by atoms with Gasteiger partial charge in [0.2, 0.25) is 0 Å². The number of hydrogen-bond acceptors (Lipinski definition) is 2. The lowest BCUT2D eigenvalue weighted by Crippen LogP contribution is -3.09. The number of ether oxygens (including phenoxy) is 2. The molecule has 0 radical (unpaired) electrons. The zero-order valence-electron chi connectivity index (χ0n) is 15.1. The van der Waals surface area contributed by atoms with Crippen molar-refractivity contribution in [2.75, 3.05) is 34.4 Å². The van der Waals surface area contributed by atoms with Gasteiger partial charge in [0.15, 0.2) is 11.5 Å². The van der Waals surface area contributed by atoms with Gasteiger partial charge < -0.3 is 14.4 Å². The zero-order chi connectivity index (χ0) is 17.4. The van der Waals surface area contributed by atoms with E-state index in [1.807, 2.05) is 12.1 Å². The van der Waals surface area contributed by atoms with Crippen molar-refractivity contribution in [3.8, 4) is 11.5 Å². The SMILES string of the molecule is COc1ccc(CC[NH+](C)C/C(C)=C/c2ccccc2)cc1OC. The molecule has 1 N–H and O–H groups in total.